The van der Waals surface area contributed by atoms with Crippen LogP contribution in [-0.4, -0.2) is 31.1 Å². The van der Waals surface area contributed by atoms with Crippen LogP contribution in [0.4, 0.5) is 0 Å². The molecular formula is C20H22ClNO4. The van der Waals surface area contributed by atoms with E-state index in [1.165, 1.54) is 0 Å². The molecule has 138 valence electrons. The number of para-hydroxylation sites is 1. The Hall–Kier alpha value is -2.53. The van der Waals surface area contributed by atoms with E-state index < -0.39 is 17.9 Å². The Morgan fingerprint density at radius 1 is 1.04 bits per heavy atom. The lowest BCUT2D eigenvalue weighted by atomic mass is 10.1. The van der Waals surface area contributed by atoms with Crippen molar-refractivity contribution in [3.05, 3.63) is 64.2 Å². The average Bonchev–Trinajstić information content (AvgIpc) is 2.60. The summed E-state index contributed by atoms with van der Waals surface area (Å²) in [6.45, 7) is 5.81. The largest absolute Gasteiger partial charge is 0.489 e. The van der Waals surface area contributed by atoms with Gasteiger partial charge >= 0.3 is 5.97 Å². The van der Waals surface area contributed by atoms with Gasteiger partial charge in [0.05, 0.1) is 10.6 Å². The standard InChI is InChI=1S/C20H22ClNO4/c1-13-7-6-8-14(2)18(13)25-11-12-26-20(24)15(3)22-19(23)16-9-4-5-10-17(16)21/h4-10,15H,11-12H2,1-3H3,(H,22,23). The number of carbonyl (C=O) groups excluding carboxylic acids is 2. The first kappa shape index (κ1) is 19.8. The third-order valence-electron chi connectivity index (χ3n) is 3.80. The highest BCUT2D eigenvalue weighted by molar-refractivity contribution is 6.33. The van der Waals surface area contributed by atoms with Crippen molar-refractivity contribution in [2.45, 2.75) is 26.8 Å². The van der Waals surface area contributed by atoms with Gasteiger partial charge in [0.2, 0.25) is 0 Å². The molecule has 1 N–H and O–H groups in total. The maximum Gasteiger partial charge on any atom is 0.328 e. The van der Waals surface area contributed by atoms with Gasteiger partial charge in [-0.3, -0.25) is 4.79 Å². The van der Waals surface area contributed by atoms with Crippen molar-refractivity contribution in [2.75, 3.05) is 13.2 Å². The Morgan fingerprint density at radius 2 is 1.69 bits per heavy atom. The van der Waals surface area contributed by atoms with Crippen LogP contribution in [0.2, 0.25) is 5.02 Å². The van der Waals surface area contributed by atoms with E-state index in [9.17, 15) is 9.59 Å². The van der Waals surface area contributed by atoms with Crippen LogP contribution in [0.3, 0.4) is 0 Å². The van der Waals surface area contributed by atoms with Gasteiger partial charge in [0.25, 0.3) is 5.91 Å². The minimum absolute atomic E-state index is 0.0961. The van der Waals surface area contributed by atoms with E-state index >= 15 is 0 Å². The summed E-state index contributed by atoms with van der Waals surface area (Å²) in [6, 6.07) is 11.7. The quantitative estimate of drug-likeness (QED) is 0.592. The molecule has 2 aromatic rings. The van der Waals surface area contributed by atoms with Crippen LogP contribution in [0.5, 0.6) is 5.75 Å². The molecule has 1 atom stereocenters. The normalized spacial score (nSPS) is 11.5. The molecule has 0 bridgehead atoms. The molecule has 26 heavy (non-hydrogen) atoms. The molecule has 0 saturated heterocycles. The van der Waals surface area contributed by atoms with Gasteiger partial charge in [0.1, 0.15) is 25.0 Å². The van der Waals surface area contributed by atoms with Gasteiger partial charge in [-0.25, -0.2) is 4.79 Å². The van der Waals surface area contributed by atoms with E-state index in [0.29, 0.717) is 10.6 Å². The Morgan fingerprint density at radius 3 is 2.35 bits per heavy atom. The predicted octanol–water partition coefficient (Wildman–Crippen LogP) is 3.70. The van der Waals surface area contributed by atoms with E-state index in [1.807, 2.05) is 32.0 Å². The van der Waals surface area contributed by atoms with Gasteiger partial charge in [-0.2, -0.15) is 0 Å². The molecule has 0 spiro atoms. The van der Waals surface area contributed by atoms with Crippen molar-refractivity contribution in [3.8, 4) is 5.75 Å². The molecule has 0 saturated carbocycles. The fourth-order valence-electron chi connectivity index (χ4n) is 2.42. The predicted molar refractivity (Wildman–Crippen MR) is 101 cm³/mol. The average molecular weight is 376 g/mol. The molecule has 2 rings (SSSR count). The van der Waals surface area contributed by atoms with Gasteiger partial charge in [-0.15, -0.1) is 0 Å². The lowest BCUT2D eigenvalue weighted by Gasteiger charge is -2.15. The number of halogens is 1. The summed E-state index contributed by atoms with van der Waals surface area (Å²) >= 11 is 5.97. The fourth-order valence-corrected chi connectivity index (χ4v) is 2.64. The van der Waals surface area contributed by atoms with Crippen LogP contribution in [0.15, 0.2) is 42.5 Å². The number of hydrogen-bond acceptors (Lipinski definition) is 4. The summed E-state index contributed by atoms with van der Waals surface area (Å²) in [5, 5.41) is 2.90. The fraction of sp³-hybridized carbons (Fsp3) is 0.300. The minimum atomic E-state index is -0.793. The molecule has 0 aliphatic heterocycles. The van der Waals surface area contributed by atoms with E-state index in [2.05, 4.69) is 5.32 Å². The maximum absolute atomic E-state index is 12.1. The van der Waals surface area contributed by atoms with Gasteiger partial charge < -0.3 is 14.8 Å². The van der Waals surface area contributed by atoms with Crippen molar-refractivity contribution in [2.24, 2.45) is 0 Å². The second-order valence-corrected chi connectivity index (χ2v) is 6.32. The van der Waals surface area contributed by atoms with Crippen molar-refractivity contribution in [1.29, 1.82) is 0 Å². The Labute approximate surface area is 158 Å². The number of amides is 1. The van der Waals surface area contributed by atoms with Crippen molar-refractivity contribution in [1.82, 2.24) is 5.32 Å². The molecule has 0 aliphatic rings. The molecule has 1 unspecified atom stereocenters. The maximum atomic E-state index is 12.1. The lowest BCUT2D eigenvalue weighted by molar-refractivity contribution is -0.146. The molecular weight excluding hydrogens is 354 g/mol. The zero-order valence-corrected chi connectivity index (χ0v) is 15.8. The van der Waals surface area contributed by atoms with Crippen LogP contribution in [0, 0.1) is 13.8 Å². The molecule has 0 radical (unpaired) electrons. The third kappa shape index (κ3) is 5.23. The zero-order chi connectivity index (χ0) is 19.1. The van der Waals surface area contributed by atoms with Crippen molar-refractivity contribution in [3.63, 3.8) is 0 Å². The second-order valence-electron chi connectivity index (χ2n) is 5.91. The van der Waals surface area contributed by atoms with E-state index in [0.717, 1.165) is 16.9 Å². The van der Waals surface area contributed by atoms with Crippen LogP contribution >= 0.6 is 11.6 Å². The highest BCUT2D eigenvalue weighted by Gasteiger charge is 2.19. The zero-order valence-electron chi connectivity index (χ0n) is 15.0. The number of carbonyl (C=O) groups is 2. The van der Waals surface area contributed by atoms with E-state index in [1.54, 1.807) is 31.2 Å². The monoisotopic (exact) mass is 375 g/mol. The summed E-state index contributed by atoms with van der Waals surface area (Å²) in [7, 11) is 0. The SMILES string of the molecule is Cc1cccc(C)c1OCCOC(=O)C(C)NC(=O)c1ccccc1Cl. The summed E-state index contributed by atoms with van der Waals surface area (Å²) in [4.78, 5) is 24.2. The molecule has 5 nitrogen and oxygen atoms in total. The van der Waals surface area contributed by atoms with E-state index in [-0.39, 0.29) is 13.2 Å². The van der Waals surface area contributed by atoms with Crippen LogP contribution in [-0.2, 0) is 9.53 Å². The highest BCUT2D eigenvalue weighted by Crippen LogP contribution is 2.22. The Balaban J connectivity index is 1.79. The van der Waals surface area contributed by atoms with Gasteiger partial charge in [0, 0.05) is 0 Å². The van der Waals surface area contributed by atoms with E-state index in [4.69, 9.17) is 21.1 Å². The van der Waals surface area contributed by atoms with Crippen LogP contribution in [0.25, 0.3) is 0 Å². The van der Waals surface area contributed by atoms with Crippen molar-refractivity contribution >= 4 is 23.5 Å². The number of benzene rings is 2. The lowest BCUT2D eigenvalue weighted by Crippen LogP contribution is -2.40. The second kappa shape index (κ2) is 9.25. The van der Waals surface area contributed by atoms with Crippen LogP contribution in [0.1, 0.15) is 28.4 Å². The van der Waals surface area contributed by atoms with Gasteiger partial charge in [-0.05, 0) is 44.0 Å². The third-order valence-corrected chi connectivity index (χ3v) is 4.13. The highest BCUT2D eigenvalue weighted by atomic mass is 35.5. The Bertz CT molecular complexity index is 771. The number of esters is 1. The molecule has 6 heteroatoms. The molecule has 0 aliphatic carbocycles. The van der Waals surface area contributed by atoms with Crippen LogP contribution < -0.4 is 10.1 Å². The number of nitrogens with one attached hydrogen (secondary N) is 1. The topological polar surface area (TPSA) is 64.6 Å². The first-order chi connectivity index (χ1) is 12.4. The number of ether oxygens (including phenoxy) is 2. The summed E-state index contributed by atoms with van der Waals surface area (Å²) in [5.74, 6) is -0.161. The number of aryl methyl sites for hydroxylation is 2. The van der Waals surface area contributed by atoms with Gasteiger partial charge in [0.15, 0.2) is 0 Å². The molecule has 1 amide bonds. The molecule has 0 fully saturated rings. The first-order valence-corrected chi connectivity index (χ1v) is 8.69. The first-order valence-electron chi connectivity index (χ1n) is 8.31. The summed E-state index contributed by atoms with van der Waals surface area (Å²) in [6.07, 6.45) is 0. The van der Waals surface area contributed by atoms with Crippen molar-refractivity contribution < 1.29 is 19.1 Å². The Kier molecular flexibility index (Phi) is 7.04. The molecule has 0 heterocycles. The molecule has 0 aromatic heterocycles. The summed E-state index contributed by atoms with van der Waals surface area (Å²) < 4.78 is 10.8. The van der Waals surface area contributed by atoms with Gasteiger partial charge in [-0.1, -0.05) is 41.9 Å². The summed E-state index contributed by atoms with van der Waals surface area (Å²) in [5.41, 5.74) is 2.36. The molecule has 2 aromatic carbocycles. The smallest absolute Gasteiger partial charge is 0.328 e. The number of hydrogen-bond donors (Lipinski definition) is 1. The number of rotatable bonds is 7. The minimum Gasteiger partial charge on any atom is -0.489 e.